The first-order valence-electron chi connectivity index (χ1n) is 6.51. The van der Waals surface area contributed by atoms with Gasteiger partial charge in [0.25, 0.3) is 0 Å². The molecule has 0 saturated carbocycles. The number of aryl methyl sites for hydroxylation is 1. The van der Waals surface area contributed by atoms with Crippen molar-refractivity contribution in [1.29, 1.82) is 0 Å². The van der Waals surface area contributed by atoms with Crippen LogP contribution < -0.4 is 5.32 Å². The van der Waals surface area contributed by atoms with Gasteiger partial charge in [-0.2, -0.15) is 0 Å². The number of hydrogen-bond donors (Lipinski definition) is 1. The number of nitrogens with zero attached hydrogens (tertiary/aromatic N) is 1. The molecular weight excluding hydrogens is 196 g/mol. The lowest BCUT2D eigenvalue weighted by atomic mass is 9.91. The maximum Gasteiger partial charge on any atom is 0.0605 e. The molecule has 0 bridgehead atoms. The van der Waals surface area contributed by atoms with Crippen LogP contribution in [0.2, 0.25) is 0 Å². The van der Waals surface area contributed by atoms with Crippen LogP contribution in [0.25, 0.3) is 0 Å². The van der Waals surface area contributed by atoms with Gasteiger partial charge in [0.05, 0.1) is 5.69 Å². The van der Waals surface area contributed by atoms with Crippen molar-refractivity contribution in [3.63, 3.8) is 0 Å². The van der Waals surface area contributed by atoms with Crippen molar-refractivity contribution in [2.75, 3.05) is 0 Å². The van der Waals surface area contributed by atoms with Crippen molar-refractivity contribution >= 4 is 0 Å². The van der Waals surface area contributed by atoms with Gasteiger partial charge in [-0.05, 0) is 44.2 Å². The largest absolute Gasteiger partial charge is 0.306 e. The molecule has 0 fully saturated rings. The average molecular weight is 218 g/mol. The molecule has 2 unspecified atom stereocenters. The summed E-state index contributed by atoms with van der Waals surface area (Å²) in [5, 5.41) is 3.71. The third kappa shape index (κ3) is 2.62. The average Bonchev–Trinajstić information content (AvgIpc) is 2.30. The number of hydrogen-bond acceptors (Lipinski definition) is 2. The summed E-state index contributed by atoms with van der Waals surface area (Å²) in [6, 6.07) is 5.35. The molecule has 0 spiro atoms. The number of aromatic nitrogens is 1. The number of nitrogens with one attached hydrogen (secondary N) is 1. The van der Waals surface area contributed by atoms with Crippen molar-refractivity contribution in [3.8, 4) is 0 Å². The van der Waals surface area contributed by atoms with Crippen LogP contribution in [-0.4, -0.2) is 11.0 Å². The Labute approximate surface area is 98.5 Å². The summed E-state index contributed by atoms with van der Waals surface area (Å²) in [4.78, 5) is 4.55. The van der Waals surface area contributed by atoms with E-state index in [2.05, 4.69) is 36.3 Å². The lowest BCUT2D eigenvalue weighted by Gasteiger charge is -2.28. The Kier molecular flexibility index (Phi) is 3.94. The highest BCUT2D eigenvalue weighted by Crippen LogP contribution is 2.28. The van der Waals surface area contributed by atoms with E-state index in [-0.39, 0.29) is 0 Å². The summed E-state index contributed by atoms with van der Waals surface area (Å²) < 4.78 is 0. The molecule has 1 aliphatic rings. The van der Waals surface area contributed by atoms with Crippen LogP contribution in [0, 0.1) is 0 Å². The molecular formula is C14H22N2. The quantitative estimate of drug-likeness (QED) is 0.839. The van der Waals surface area contributed by atoms with Gasteiger partial charge in [-0.15, -0.1) is 0 Å². The zero-order chi connectivity index (χ0) is 11.4. The Bertz CT molecular complexity index is 335. The second-order valence-corrected chi connectivity index (χ2v) is 4.85. The molecule has 2 atom stereocenters. The van der Waals surface area contributed by atoms with E-state index in [1.54, 1.807) is 0 Å². The minimum atomic E-state index is 0.478. The Hall–Kier alpha value is -0.890. The van der Waals surface area contributed by atoms with E-state index in [1.807, 2.05) is 6.20 Å². The number of pyridine rings is 1. The molecule has 2 nitrogen and oxygen atoms in total. The van der Waals surface area contributed by atoms with Gasteiger partial charge in [-0.1, -0.05) is 19.4 Å². The minimum absolute atomic E-state index is 0.478. The van der Waals surface area contributed by atoms with Crippen LogP contribution in [0.3, 0.4) is 0 Å². The zero-order valence-corrected chi connectivity index (χ0v) is 10.4. The summed E-state index contributed by atoms with van der Waals surface area (Å²) in [7, 11) is 0. The summed E-state index contributed by atoms with van der Waals surface area (Å²) >= 11 is 0. The molecule has 2 heteroatoms. The first kappa shape index (κ1) is 11.6. The summed E-state index contributed by atoms with van der Waals surface area (Å²) in [5.74, 6) is 0. The molecule has 88 valence electrons. The maximum absolute atomic E-state index is 4.55. The molecule has 1 aromatic rings. The monoisotopic (exact) mass is 218 g/mol. The SMILES string of the molecule is CCCC(C)NC1CCCc2cccnc21. The maximum atomic E-state index is 4.55. The summed E-state index contributed by atoms with van der Waals surface area (Å²) in [5.41, 5.74) is 2.73. The molecule has 0 amide bonds. The molecule has 0 aliphatic heterocycles. The van der Waals surface area contributed by atoms with E-state index in [4.69, 9.17) is 0 Å². The van der Waals surface area contributed by atoms with Gasteiger partial charge in [-0.25, -0.2) is 0 Å². The van der Waals surface area contributed by atoms with Crippen molar-refractivity contribution in [2.45, 2.75) is 58.0 Å². The molecule has 1 aromatic heterocycles. The topological polar surface area (TPSA) is 24.9 Å². The Morgan fingerprint density at radius 3 is 3.25 bits per heavy atom. The van der Waals surface area contributed by atoms with Crippen LogP contribution in [0.5, 0.6) is 0 Å². The minimum Gasteiger partial charge on any atom is -0.306 e. The molecule has 16 heavy (non-hydrogen) atoms. The predicted molar refractivity (Wildman–Crippen MR) is 67.4 cm³/mol. The second kappa shape index (κ2) is 5.44. The fraction of sp³-hybridized carbons (Fsp3) is 0.643. The molecule has 0 saturated heterocycles. The standard InChI is InChI=1S/C14H22N2/c1-3-6-11(2)16-13-9-4-7-12-8-5-10-15-14(12)13/h5,8,10-11,13,16H,3-4,6-7,9H2,1-2H3. The molecule has 2 rings (SSSR count). The van der Waals surface area contributed by atoms with Gasteiger partial charge in [0.15, 0.2) is 0 Å². The smallest absolute Gasteiger partial charge is 0.0605 e. The van der Waals surface area contributed by atoms with E-state index in [9.17, 15) is 0 Å². The lowest BCUT2D eigenvalue weighted by Crippen LogP contribution is -2.33. The van der Waals surface area contributed by atoms with Crippen LogP contribution in [0.4, 0.5) is 0 Å². The molecule has 1 aliphatic carbocycles. The number of rotatable bonds is 4. The van der Waals surface area contributed by atoms with Crippen molar-refractivity contribution < 1.29 is 0 Å². The predicted octanol–water partition coefficient (Wildman–Crippen LogP) is 3.24. The third-order valence-electron chi connectivity index (χ3n) is 3.40. The van der Waals surface area contributed by atoms with Crippen molar-refractivity contribution in [1.82, 2.24) is 10.3 Å². The van der Waals surface area contributed by atoms with Gasteiger partial charge < -0.3 is 5.32 Å². The van der Waals surface area contributed by atoms with Gasteiger partial charge in [0.2, 0.25) is 0 Å². The van der Waals surface area contributed by atoms with Crippen LogP contribution >= 0.6 is 0 Å². The van der Waals surface area contributed by atoms with Gasteiger partial charge in [-0.3, -0.25) is 4.98 Å². The third-order valence-corrected chi connectivity index (χ3v) is 3.40. The van der Waals surface area contributed by atoms with E-state index in [0.717, 1.165) is 0 Å². The lowest BCUT2D eigenvalue weighted by molar-refractivity contribution is 0.386. The van der Waals surface area contributed by atoms with Gasteiger partial charge >= 0.3 is 0 Å². The molecule has 0 aromatic carbocycles. The highest BCUT2D eigenvalue weighted by atomic mass is 15.0. The Morgan fingerprint density at radius 1 is 1.56 bits per heavy atom. The fourth-order valence-electron chi connectivity index (χ4n) is 2.63. The van der Waals surface area contributed by atoms with E-state index in [0.29, 0.717) is 12.1 Å². The van der Waals surface area contributed by atoms with E-state index < -0.39 is 0 Å². The highest BCUT2D eigenvalue weighted by molar-refractivity contribution is 5.25. The Morgan fingerprint density at radius 2 is 2.44 bits per heavy atom. The first-order valence-corrected chi connectivity index (χ1v) is 6.51. The van der Waals surface area contributed by atoms with Crippen LogP contribution in [0.1, 0.15) is 56.8 Å². The first-order chi connectivity index (χ1) is 7.81. The van der Waals surface area contributed by atoms with E-state index >= 15 is 0 Å². The normalized spacial score (nSPS) is 21.5. The Balaban J connectivity index is 2.07. The fourth-order valence-corrected chi connectivity index (χ4v) is 2.63. The summed E-state index contributed by atoms with van der Waals surface area (Å²) in [6.07, 6.45) is 8.13. The van der Waals surface area contributed by atoms with E-state index in [1.165, 1.54) is 43.4 Å². The molecule has 1 N–H and O–H groups in total. The van der Waals surface area contributed by atoms with Crippen LogP contribution in [-0.2, 0) is 6.42 Å². The van der Waals surface area contributed by atoms with Crippen molar-refractivity contribution in [3.05, 3.63) is 29.6 Å². The van der Waals surface area contributed by atoms with Crippen LogP contribution in [0.15, 0.2) is 18.3 Å². The van der Waals surface area contributed by atoms with Gasteiger partial charge in [0.1, 0.15) is 0 Å². The summed E-state index contributed by atoms with van der Waals surface area (Å²) in [6.45, 7) is 4.52. The van der Waals surface area contributed by atoms with Crippen molar-refractivity contribution in [2.24, 2.45) is 0 Å². The molecule has 1 heterocycles. The highest BCUT2D eigenvalue weighted by Gasteiger charge is 2.21. The zero-order valence-electron chi connectivity index (χ0n) is 10.4. The molecule has 0 radical (unpaired) electrons. The number of fused-ring (bicyclic) bond motifs is 1. The van der Waals surface area contributed by atoms with Gasteiger partial charge in [0, 0.05) is 18.3 Å². The second-order valence-electron chi connectivity index (χ2n) is 4.85.